The summed E-state index contributed by atoms with van der Waals surface area (Å²) in [6.07, 6.45) is 3.20. The molecule has 0 bridgehead atoms. The Morgan fingerprint density at radius 1 is 0.833 bits per heavy atom. The number of azo groups is 1. The van der Waals surface area contributed by atoms with E-state index in [4.69, 9.17) is 10.5 Å². The zero-order chi connectivity index (χ0) is 8.66. The van der Waals surface area contributed by atoms with E-state index in [-0.39, 0.29) is 0 Å². The van der Waals surface area contributed by atoms with Crippen LogP contribution in [0.15, 0.2) is 10.2 Å². The first-order valence-corrected chi connectivity index (χ1v) is 4.01. The number of nitrogens with zero attached hydrogens (tertiary/aromatic N) is 4. The number of nitriles is 2. The largest absolute Gasteiger partial charge is 0.196 e. The summed E-state index contributed by atoms with van der Waals surface area (Å²) >= 11 is 0. The first-order valence-electron chi connectivity index (χ1n) is 4.01. The minimum atomic E-state index is -0.549. The minimum absolute atomic E-state index is 0.549. The average molecular weight is 160 g/mol. The molecule has 0 saturated heterocycles. The van der Waals surface area contributed by atoms with E-state index < -0.39 is 11.1 Å². The van der Waals surface area contributed by atoms with E-state index in [1.165, 1.54) is 0 Å². The van der Waals surface area contributed by atoms with Crippen molar-refractivity contribution in [3.63, 3.8) is 0 Å². The Bertz CT molecular complexity index is 277. The molecule has 2 aliphatic carbocycles. The first kappa shape index (κ1) is 7.24. The minimum Gasteiger partial charge on any atom is -0.196 e. The molecule has 0 heterocycles. The second-order valence-electron chi connectivity index (χ2n) is 3.49. The molecule has 0 spiro atoms. The lowest BCUT2D eigenvalue weighted by molar-refractivity contribution is 0.696. The standard InChI is InChI=1S/C8H8N4/c9-5-7(1-2-7)11-12-8(6-10)3-4-8/h1-4H2. The number of hydrogen-bond donors (Lipinski definition) is 0. The molecule has 0 aromatic heterocycles. The molecule has 0 aliphatic heterocycles. The molecule has 2 saturated carbocycles. The van der Waals surface area contributed by atoms with Crippen LogP contribution in [0.3, 0.4) is 0 Å². The Hall–Kier alpha value is -1.42. The third-order valence-electron chi connectivity index (χ3n) is 2.30. The molecule has 2 fully saturated rings. The molecule has 0 aromatic carbocycles. The van der Waals surface area contributed by atoms with Crippen LogP contribution in [0.25, 0.3) is 0 Å². The van der Waals surface area contributed by atoms with Crippen molar-refractivity contribution in [2.75, 3.05) is 0 Å². The zero-order valence-electron chi connectivity index (χ0n) is 6.62. The Morgan fingerprint density at radius 2 is 1.17 bits per heavy atom. The SMILES string of the molecule is N#CC1(N=NC2(C#N)CC2)CC1. The number of rotatable bonds is 2. The molecule has 0 aromatic rings. The molecule has 0 radical (unpaired) electrons. The Kier molecular flexibility index (Phi) is 1.23. The molecule has 0 atom stereocenters. The summed E-state index contributed by atoms with van der Waals surface area (Å²) < 4.78 is 0. The van der Waals surface area contributed by atoms with Gasteiger partial charge in [-0.05, 0) is 25.7 Å². The fourth-order valence-corrected chi connectivity index (χ4v) is 0.897. The smallest absolute Gasteiger partial charge is 0.167 e. The summed E-state index contributed by atoms with van der Waals surface area (Å²) in [7, 11) is 0. The highest BCUT2D eigenvalue weighted by Gasteiger charge is 2.48. The van der Waals surface area contributed by atoms with Crippen LogP contribution in [0.5, 0.6) is 0 Å². The monoisotopic (exact) mass is 160 g/mol. The van der Waals surface area contributed by atoms with Crippen molar-refractivity contribution in [3.8, 4) is 12.1 Å². The topological polar surface area (TPSA) is 72.3 Å². The molecule has 4 heteroatoms. The van der Waals surface area contributed by atoms with Crippen molar-refractivity contribution in [2.45, 2.75) is 36.8 Å². The van der Waals surface area contributed by atoms with Gasteiger partial charge in [0.1, 0.15) is 0 Å². The van der Waals surface area contributed by atoms with Crippen LogP contribution in [0.2, 0.25) is 0 Å². The third kappa shape index (κ3) is 1.06. The van der Waals surface area contributed by atoms with Gasteiger partial charge in [-0.2, -0.15) is 20.8 Å². The summed E-state index contributed by atoms with van der Waals surface area (Å²) in [6, 6.07) is 4.21. The van der Waals surface area contributed by atoms with E-state index in [0.717, 1.165) is 25.7 Å². The first-order chi connectivity index (χ1) is 5.74. The van der Waals surface area contributed by atoms with Gasteiger partial charge in [-0.25, -0.2) is 0 Å². The van der Waals surface area contributed by atoms with E-state index >= 15 is 0 Å². The highest BCUT2D eigenvalue weighted by Crippen LogP contribution is 2.44. The van der Waals surface area contributed by atoms with Gasteiger partial charge in [-0.15, -0.1) is 0 Å². The summed E-state index contributed by atoms with van der Waals surface area (Å²) in [5.41, 5.74) is -1.10. The quantitative estimate of drug-likeness (QED) is 0.575. The maximum absolute atomic E-state index is 8.66. The van der Waals surface area contributed by atoms with Crippen molar-refractivity contribution >= 4 is 0 Å². The molecular weight excluding hydrogens is 152 g/mol. The van der Waals surface area contributed by atoms with Crippen LogP contribution in [-0.4, -0.2) is 11.1 Å². The summed E-state index contributed by atoms with van der Waals surface area (Å²) in [4.78, 5) is 0. The molecule has 4 nitrogen and oxygen atoms in total. The van der Waals surface area contributed by atoms with Crippen molar-refractivity contribution in [1.29, 1.82) is 10.5 Å². The molecule has 60 valence electrons. The maximum atomic E-state index is 8.66. The second-order valence-corrected chi connectivity index (χ2v) is 3.49. The molecule has 0 N–H and O–H groups in total. The fourth-order valence-electron chi connectivity index (χ4n) is 0.897. The third-order valence-corrected chi connectivity index (χ3v) is 2.30. The van der Waals surface area contributed by atoms with Crippen LogP contribution < -0.4 is 0 Å². The predicted octanol–water partition coefficient (Wildman–Crippen LogP) is 1.55. The van der Waals surface area contributed by atoms with Crippen LogP contribution in [0.1, 0.15) is 25.7 Å². The van der Waals surface area contributed by atoms with Gasteiger partial charge >= 0.3 is 0 Å². The van der Waals surface area contributed by atoms with Crippen molar-refractivity contribution in [3.05, 3.63) is 0 Å². The Morgan fingerprint density at radius 3 is 1.33 bits per heavy atom. The van der Waals surface area contributed by atoms with E-state index in [0.29, 0.717) is 0 Å². The molecular formula is C8H8N4. The van der Waals surface area contributed by atoms with Crippen LogP contribution >= 0.6 is 0 Å². The van der Waals surface area contributed by atoms with E-state index in [1.54, 1.807) is 0 Å². The van der Waals surface area contributed by atoms with Gasteiger partial charge in [-0.3, -0.25) is 0 Å². The molecule has 2 rings (SSSR count). The van der Waals surface area contributed by atoms with Gasteiger partial charge in [0.05, 0.1) is 12.1 Å². The van der Waals surface area contributed by atoms with Gasteiger partial charge in [-0.1, -0.05) is 0 Å². The Balaban J connectivity index is 2.05. The Labute approximate surface area is 70.5 Å². The lowest BCUT2D eigenvalue weighted by atomic mass is 10.3. The predicted molar refractivity (Wildman–Crippen MR) is 40.0 cm³/mol. The van der Waals surface area contributed by atoms with E-state index in [2.05, 4.69) is 22.4 Å². The van der Waals surface area contributed by atoms with Gasteiger partial charge in [0.15, 0.2) is 11.1 Å². The van der Waals surface area contributed by atoms with Crippen LogP contribution in [0.4, 0.5) is 0 Å². The van der Waals surface area contributed by atoms with E-state index in [1.807, 2.05) is 0 Å². The molecule has 2 aliphatic rings. The fraction of sp³-hybridized carbons (Fsp3) is 0.750. The normalized spacial score (nSPS) is 27.5. The highest BCUT2D eigenvalue weighted by atomic mass is 15.2. The van der Waals surface area contributed by atoms with Gasteiger partial charge in [0.25, 0.3) is 0 Å². The van der Waals surface area contributed by atoms with Crippen molar-refractivity contribution in [1.82, 2.24) is 0 Å². The lowest BCUT2D eigenvalue weighted by Crippen LogP contribution is -2.03. The lowest BCUT2D eigenvalue weighted by Gasteiger charge is -1.96. The van der Waals surface area contributed by atoms with Gasteiger partial charge < -0.3 is 0 Å². The summed E-state index contributed by atoms with van der Waals surface area (Å²) in [5.74, 6) is 0. The van der Waals surface area contributed by atoms with Crippen LogP contribution in [0, 0.1) is 22.7 Å². The zero-order valence-corrected chi connectivity index (χ0v) is 6.62. The van der Waals surface area contributed by atoms with Gasteiger partial charge in [0.2, 0.25) is 0 Å². The van der Waals surface area contributed by atoms with Crippen molar-refractivity contribution < 1.29 is 0 Å². The molecule has 0 unspecified atom stereocenters. The second kappa shape index (κ2) is 2.04. The molecule has 12 heavy (non-hydrogen) atoms. The number of hydrogen-bond acceptors (Lipinski definition) is 4. The average Bonchev–Trinajstić information content (AvgIpc) is 3.00. The van der Waals surface area contributed by atoms with Gasteiger partial charge in [0, 0.05) is 0 Å². The summed E-state index contributed by atoms with van der Waals surface area (Å²) in [6.45, 7) is 0. The molecule has 0 amide bonds. The highest BCUT2D eigenvalue weighted by molar-refractivity contribution is 5.21. The summed E-state index contributed by atoms with van der Waals surface area (Å²) in [5, 5.41) is 25.2. The maximum Gasteiger partial charge on any atom is 0.167 e. The van der Waals surface area contributed by atoms with Crippen molar-refractivity contribution in [2.24, 2.45) is 10.2 Å². The van der Waals surface area contributed by atoms with E-state index in [9.17, 15) is 0 Å². The van der Waals surface area contributed by atoms with Crippen LogP contribution in [-0.2, 0) is 0 Å².